The Morgan fingerprint density at radius 1 is 1.17 bits per heavy atom. The molecule has 0 atom stereocenters. The van der Waals surface area contributed by atoms with Crippen LogP contribution in [0, 0.1) is 17.6 Å². The topological polar surface area (TPSA) is 60.2 Å². The van der Waals surface area contributed by atoms with Crippen molar-refractivity contribution in [2.24, 2.45) is 5.92 Å². The van der Waals surface area contributed by atoms with Gasteiger partial charge in [0.05, 0.1) is 5.75 Å². The molecule has 0 spiro atoms. The SMILES string of the molecule is Nc1cc(F)c(S(=O)(=O)CC2CCCC2)c(F)c1. The molecular formula is C12H15F2NO2S. The summed E-state index contributed by atoms with van der Waals surface area (Å²) in [6.07, 6.45) is 3.56. The molecule has 1 fully saturated rings. The fourth-order valence-corrected chi connectivity index (χ4v) is 4.28. The lowest BCUT2D eigenvalue weighted by atomic mass is 10.1. The van der Waals surface area contributed by atoms with Crippen LogP contribution in [0.2, 0.25) is 0 Å². The zero-order chi connectivity index (χ0) is 13.3. The number of hydrogen-bond acceptors (Lipinski definition) is 3. The van der Waals surface area contributed by atoms with Crippen LogP contribution in [0.3, 0.4) is 0 Å². The first-order valence-electron chi connectivity index (χ1n) is 5.87. The maximum Gasteiger partial charge on any atom is 0.184 e. The predicted molar refractivity (Wildman–Crippen MR) is 64.8 cm³/mol. The molecule has 0 saturated heterocycles. The lowest BCUT2D eigenvalue weighted by Crippen LogP contribution is -2.17. The second-order valence-electron chi connectivity index (χ2n) is 4.75. The van der Waals surface area contributed by atoms with Crippen molar-refractivity contribution in [3.63, 3.8) is 0 Å². The van der Waals surface area contributed by atoms with Crippen molar-refractivity contribution in [1.29, 1.82) is 0 Å². The third-order valence-electron chi connectivity index (χ3n) is 3.26. The van der Waals surface area contributed by atoms with Gasteiger partial charge in [-0.15, -0.1) is 0 Å². The number of rotatable bonds is 3. The minimum Gasteiger partial charge on any atom is -0.399 e. The average molecular weight is 275 g/mol. The van der Waals surface area contributed by atoms with Crippen molar-refractivity contribution >= 4 is 15.5 Å². The third-order valence-corrected chi connectivity index (χ3v) is 5.18. The van der Waals surface area contributed by atoms with Gasteiger partial charge in [-0.1, -0.05) is 12.8 Å². The van der Waals surface area contributed by atoms with E-state index < -0.39 is 26.4 Å². The Morgan fingerprint density at radius 2 is 1.67 bits per heavy atom. The molecule has 0 heterocycles. The van der Waals surface area contributed by atoms with Crippen molar-refractivity contribution in [2.45, 2.75) is 30.6 Å². The van der Waals surface area contributed by atoms with E-state index in [0.29, 0.717) is 0 Å². The summed E-state index contributed by atoms with van der Waals surface area (Å²) in [5.41, 5.74) is 5.14. The van der Waals surface area contributed by atoms with E-state index in [9.17, 15) is 17.2 Å². The van der Waals surface area contributed by atoms with Gasteiger partial charge < -0.3 is 5.73 Å². The van der Waals surface area contributed by atoms with Gasteiger partial charge >= 0.3 is 0 Å². The van der Waals surface area contributed by atoms with Crippen molar-refractivity contribution in [3.05, 3.63) is 23.8 Å². The maximum absolute atomic E-state index is 13.6. The van der Waals surface area contributed by atoms with Crippen LogP contribution in [0.5, 0.6) is 0 Å². The minimum absolute atomic E-state index is 0.00588. The molecule has 2 N–H and O–H groups in total. The summed E-state index contributed by atoms with van der Waals surface area (Å²) in [7, 11) is -3.93. The molecule has 3 nitrogen and oxygen atoms in total. The Morgan fingerprint density at radius 3 is 2.17 bits per heavy atom. The van der Waals surface area contributed by atoms with E-state index in [2.05, 4.69) is 0 Å². The normalized spacial score (nSPS) is 17.2. The summed E-state index contributed by atoms with van der Waals surface area (Å²) in [5.74, 6) is -2.40. The quantitative estimate of drug-likeness (QED) is 0.862. The summed E-state index contributed by atoms with van der Waals surface area (Å²) in [4.78, 5) is -0.844. The Labute approximate surface area is 105 Å². The summed E-state index contributed by atoms with van der Waals surface area (Å²) < 4.78 is 51.2. The van der Waals surface area contributed by atoms with Crippen molar-refractivity contribution in [2.75, 3.05) is 11.5 Å². The van der Waals surface area contributed by atoms with E-state index in [-0.39, 0.29) is 17.4 Å². The summed E-state index contributed by atoms with van der Waals surface area (Å²) >= 11 is 0. The highest BCUT2D eigenvalue weighted by Gasteiger charge is 2.29. The number of nitrogen functional groups attached to an aromatic ring is 1. The molecule has 1 aromatic rings. The maximum atomic E-state index is 13.6. The smallest absolute Gasteiger partial charge is 0.184 e. The zero-order valence-corrected chi connectivity index (χ0v) is 10.6. The molecule has 100 valence electrons. The van der Waals surface area contributed by atoms with Crippen LogP contribution in [0.15, 0.2) is 17.0 Å². The Kier molecular flexibility index (Phi) is 3.56. The van der Waals surface area contributed by atoms with Gasteiger partial charge in [-0.05, 0) is 30.9 Å². The molecular weight excluding hydrogens is 260 g/mol. The van der Waals surface area contributed by atoms with Gasteiger partial charge in [0.25, 0.3) is 0 Å². The van der Waals surface area contributed by atoms with E-state index in [1.54, 1.807) is 0 Å². The monoisotopic (exact) mass is 275 g/mol. The van der Waals surface area contributed by atoms with Crippen molar-refractivity contribution in [1.82, 2.24) is 0 Å². The predicted octanol–water partition coefficient (Wildman–Crippen LogP) is 2.51. The number of nitrogens with two attached hydrogens (primary N) is 1. The molecule has 0 aliphatic heterocycles. The fourth-order valence-electron chi connectivity index (χ4n) is 2.45. The van der Waals surface area contributed by atoms with Crippen molar-refractivity contribution in [3.8, 4) is 0 Å². The van der Waals surface area contributed by atoms with Crippen LogP contribution in [0.25, 0.3) is 0 Å². The number of benzene rings is 1. The van der Waals surface area contributed by atoms with Crippen LogP contribution in [-0.2, 0) is 9.84 Å². The molecule has 1 saturated carbocycles. The van der Waals surface area contributed by atoms with Crippen LogP contribution in [0.4, 0.5) is 14.5 Å². The lowest BCUT2D eigenvalue weighted by Gasteiger charge is -2.11. The Bertz CT molecular complexity index is 528. The summed E-state index contributed by atoms with van der Waals surface area (Å²) in [5, 5.41) is 0. The highest BCUT2D eigenvalue weighted by Crippen LogP contribution is 2.30. The molecule has 0 amide bonds. The van der Waals surface area contributed by atoms with Gasteiger partial charge in [-0.2, -0.15) is 0 Å². The molecule has 1 aliphatic rings. The Hall–Kier alpha value is -1.17. The van der Waals surface area contributed by atoms with Gasteiger partial charge in [-0.25, -0.2) is 17.2 Å². The van der Waals surface area contributed by atoms with E-state index in [0.717, 1.165) is 37.8 Å². The first-order valence-corrected chi connectivity index (χ1v) is 7.52. The highest BCUT2D eigenvalue weighted by atomic mass is 32.2. The first-order chi connectivity index (χ1) is 8.40. The molecule has 0 unspecified atom stereocenters. The standard InChI is InChI=1S/C12H15F2NO2S/c13-10-5-9(15)6-11(14)12(10)18(16,17)7-8-3-1-2-4-8/h5-6,8H,1-4,7,15H2. The van der Waals surface area contributed by atoms with E-state index >= 15 is 0 Å². The molecule has 1 aromatic carbocycles. The molecule has 6 heteroatoms. The molecule has 0 radical (unpaired) electrons. The average Bonchev–Trinajstić information content (AvgIpc) is 2.66. The molecule has 1 aliphatic carbocycles. The molecule has 2 rings (SSSR count). The number of hydrogen-bond donors (Lipinski definition) is 1. The zero-order valence-electron chi connectivity index (χ0n) is 9.83. The van der Waals surface area contributed by atoms with Gasteiger partial charge in [0, 0.05) is 5.69 Å². The first kappa shape index (κ1) is 13.3. The fraction of sp³-hybridized carbons (Fsp3) is 0.500. The van der Waals surface area contributed by atoms with Gasteiger partial charge in [0.2, 0.25) is 0 Å². The van der Waals surface area contributed by atoms with Gasteiger partial charge in [-0.3, -0.25) is 0 Å². The van der Waals surface area contributed by atoms with Crippen LogP contribution >= 0.6 is 0 Å². The molecule has 0 aromatic heterocycles. The minimum atomic E-state index is -3.93. The van der Waals surface area contributed by atoms with Gasteiger partial charge in [0.15, 0.2) is 9.84 Å². The number of sulfone groups is 1. The number of anilines is 1. The number of halogens is 2. The van der Waals surface area contributed by atoms with Crippen LogP contribution in [-0.4, -0.2) is 14.2 Å². The Balaban J connectivity index is 2.34. The van der Waals surface area contributed by atoms with E-state index in [1.165, 1.54) is 0 Å². The highest BCUT2D eigenvalue weighted by molar-refractivity contribution is 7.91. The third kappa shape index (κ3) is 2.63. The summed E-state index contributed by atoms with van der Waals surface area (Å²) in [6.45, 7) is 0. The largest absolute Gasteiger partial charge is 0.399 e. The van der Waals surface area contributed by atoms with Crippen molar-refractivity contribution < 1.29 is 17.2 Å². The van der Waals surface area contributed by atoms with Gasteiger partial charge in [0.1, 0.15) is 16.5 Å². The van der Waals surface area contributed by atoms with E-state index in [1.807, 2.05) is 0 Å². The lowest BCUT2D eigenvalue weighted by molar-refractivity contribution is 0.511. The second kappa shape index (κ2) is 4.84. The second-order valence-corrected chi connectivity index (χ2v) is 6.72. The summed E-state index contributed by atoms with van der Waals surface area (Å²) in [6, 6.07) is 1.68. The van der Waals surface area contributed by atoms with Crippen LogP contribution < -0.4 is 5.73 Å². The van der Waals surface area contributed by atoms with Crippen LogP contribution in [0.1, 0.15) is 25.7 Å². The molecule has 0 bridgehead atoms. The van der Waals surface area contributed by atoms with E-state index in [4.69, 9.17) is 5.73 Å². The molecule has 18 heavy (non-hydrogen) atoms.